The van der Waals surface area contributed by atoms with Crippen LogP contribution in [0, 0.1) is 6.92 Å². The summed E-state index contributed by atoms with van der Waals surface area (Å²) in [5, 5.41) is 2.41. The number of benzene rings is 2. The van der Waals surface area contributed by atoms with E-state index in [1.807, 2.05) is 12.1 Å². The van der Waals surface area contributed by atoms with E-state index in [9.17, 15) is 4.79 Å². The Hall–Kier alpha value is -2.29. The van der Waals surface area contributed by atoms with E-state index in [0.717, 1.165) is 31.4 Å². The minimum absolute atomic E-state index is 0.348. The molecular weight excluding hydrogens is 288 g/mol. The van der Waals surface area contributed by atoms with Gasteiger partial charge in [-0.25, -0.2) is 4.79 Å². The first-order chi connectivity index (χ1) is 11.2. The van der Waals surface area contributed by atoms with Crippen molar-refractivity contribution in [1.82, 2.24) is 0 Å². The van der Waals surface area contributed by atoms with Crippen LogP contribution in [-0.2, 0) is 9.53 Å². The summed E-state index contributed by atoms with van der Waals surface area (Å²) in [4.78, 5) is 10.9. The van der Waals surface area contributed by atoms with Crippen LogP contribution < -0.4 is 4.74 Å². The van der Waals surface area contributed by atoms with Gasteiger partial charge < -0.3 is 9.47 Å². The van der Waals surface area contributed by atoms with Gasteiger partial charge in [-0.15, -0.1) is 0 Å². The molecule has 0 radical (unpaired) electrons. The van der Waals surface area contributed by atoms with E-state index in [0.29, 0.717) is 13.2 Å². The van der Waals surface area contributed by atoms with Gasteiger partial charge in [-0.2, -0.15) is 0 Å². The first-order valence-corrected chi connectivity index (χ1v) is 8.12. The summed E-state index contributed by atoms with van der Waals surface area (Å²) < 4.78 is 10.9. The van der Waals surface area contributed by atoms with Crippen LogP contribution in [0.3, 0.4) is 0 Å². The fraction of sp³-hybridized carbons (Fsp3) is 0.350. The van der Waals surface area contributed by atoms with Gasteiger partial charge in [0.25, 0.3) is 0 Å². The lowest BCUT2D eigenvalue weighted by molar-refractivity contribution is -0.137. The number of rotatable bonds is 9. The van der Waals surface area contributed by atoms with Crippen LogP contribution in [0.25, 0.3) is 10.8 Å². The predicted molar refractivity (Wildman–Crippen MR) is 93.8 cm³/mol. The van der Waals surface area contributed by atoms with Gasteiger partial charge in [0.05, 0.1) is 13.2 Å². The maximum Gasteiger partial charge on any atom is 0.330 e. The van der Waals surface area contributed by atoms with Crippen LogP contribution in [0.5, 0.6) is 5.75 Å². The van der Waals surface area contributed by atoms with E-state index in [1.165, 1.54) is 22.4 Å². The molecule has 0 fully saturated rings. The topological polar surface area (TPSA) is 35.5 Å². The highest BCUT2D eigenvalue weighted by molar-refractivity contribution is 5.90. The number of unbranched alkanes of at least 4 members (excludes halogenated alkanes) is 3. The van der Waals surface area contributed by atoms with Crippen LogP contribution >= 0.6 is 0 Å². The summed E-state index contributed by atoms with van der Waals surface area (Å²) >= 11 is 0. The lowest BCUT2D eigenvalue weighted by Gasteiger charge is -2.11. The average molecular weight is 312 g/mol. The van der Waals surface area contributed by atoms with Gasteiger partial charge in [0.15, 0.2) is 0 Å². The van der Waals surface area contributed by atoms with Crippen molar-refractivity contribution in [2.45, 2.75) is 32.6 Å². The molecule has 122 valence electrons. The summed E-state index contributed by atoms with van der Waals surface area (Å²) in [6.45, 7) is 6.66. The number of aryl methyl sites for hydroxylation is 1. The second-order valence-corrected chi connectivity index (χ2v) is 5.56. The highest BCUT2D eigenvalue weighted by Crippen LogP contribution is 2.28. The number of hydrogen-bond donors (Lipinski definition) is 0. The van der Waals surface area contributed by atoms with E-state index in [4.69, 9.17) is 9.47 Å². The highest BCUT2D eigenvalue weighted by Gasteiger charge is 2.04. The SMILES string of the molecule is C=CC(=O)OCCCCCCOc1ccc(C)c2ccccc12. The average Bonchev–Trinajstić information content (AvgIpc) is 2.59. The largest absolute Gasteiger partial charge is 0.493 e. The van der Waals surface area contributed by atoms with E-state index < -0.39 is 0 Å². The Morgan fingerprint density at radius 1 is 1.00 bits per heavy atom. The van der Waals surface area contributed by atoms with E-state index in [1.54, 1.807) is 0 Å². The standard InChI is InChI=1S/C20H24O3/c1-3-20(21)23-15-9-5-4-8-14-22-19-13-12-16(2)17-10-6-7-11-18(17)19/h3,6-7,10-13H,1,4-5,8-9,14-15H2,2H3. The van der Waals surface area contributed by atoms with Crippen LogP contribution in [0.4, 0.5) is 0 Å². The maximum atomic E-state index is 10.9. The summed E-state index contributed by atoms with van der Waals surface area (Å²) in [5.74, 6) is 0.602. The summed E-state index contributed by atoms with van der Waals surface area (Å²) in [5.41, 5.74) is 1.27. The third-order valence-corrected chi connectivity index (χ3v) is 3.81. The van der Waals surface area contributed by atoms with Crippen LogP contribution in [0.2, 0.25) is 0 Å². The summed E-state index contributed by atoms with van der Waals surface area (Å²) in [7, 11) is 0. The molecule has 2 aromatic rings. The molecule has 0 aliphatic carbocycles. The van der Waals surface area contributed by atoms with E-state index >= 15 is 0 Å². The van der Waals surface area contributed by atoms with Crippen LogP contribution in [0.1, 0.15) is 31.2 Å². The van der Waals surface area contributed by atoms with Gasteiger partial charge in [0.1, 0.15) is 5.75 Å². The Balaban J connectivity index is 1.70. The Bertz CT molecular complexity index is 661. The van der Waals surface area contributed by atoms with E-state index in [2.05, 4.69) is 37.8 Å². The van der Waals surface area contributed by atoms with Crippen molar-refractivity contribution in [3.05, 3.63) is 54.6 Å². The summed E-state index contributed by atoms with van der Waals surface area (Å²) in [6.07, 6.45) is 5.17. The fourth-order valence-corrected chi connectivity index (χ4v) is 2.52. The van der Waals surface area contributed by atoms with Crippen LogP contribution in [0.15, 0.2) is 49.1 Å². The Kier molecular flexibility index (Phi) is 6.67. The third kappa shape index (κ3) is 5.13. The van der Waals surface area contributed by atoms with Crippen molar-refractivity contribution < 1.29 is 14.3 Å². The Morgan fingerprint density at radius 2 is 1.70 bits per heavy atom. The first kappa shape index (κ1) is 17.1. The highest BCUT2D eigenvalue weighted by atomic mass is 16.5. The maximum absolute atomic E-state index is 10.9. The molecule has 0 N–H and O–H groups in total. The third-order valence-electron chi connectivity index (χ3n) is 3.81. The lowest BCUT2D eigenvalue weighted by Crippen LogP contribution is -2.02. The minimum atomic E-state index is -0.348. The molecule has 0 atom stereocenters. The molecule has 0 saturated heterocycles. The molecule has 2 aromatic carbocycles. The minimum Gasteiger partial charge on any atom is -0.493 e. The molecule has 0 heterocycles. The van der Waals surface area contributed by atoms with E-state index in [-0.39, 0.29) is 5.97 Å². The first-order valence-electron chi connectivity index (χ1n) is 8.12. The van der Waals surface area contributed by atoms with Gasteiger partial charge >= 0.3 is 5.97 Å². The van der Waals surface area contributed by atoms with Crippen molar-refractivity contribution in [3.63, 3.8) is 0 Å². The molecule has 0 bridgehead atoms. The number of ether oxygens (including phenoxy) is 2. The zero-order chi connectivity index (χ0) is 16.5. The number of hydrogen-bond acceptors (Lipinski definition) is 3. The Labute approximate surface area is 137 Å². The van der Waals surface area contributed by atoms with Gasteiger partial charge in [-0.3, -0.25) is 0 Å². The zero-order valence-electron chi connectivity index (χ0n) is 13.7. The smallest absolute Gasteiger partial charge is 0.330 e. The normalized spacial score (nSPS) is 10.5. The van der Waals surface area contributed by atoms with Gasteiger partial charge in [0, 0.05) is 11.5 Å². The fourth-order valence-electron chi connectivity index (χ4n) is 2.52. The molecule has 0 aromatic heterocycles. The second kappa shape index (κ2) is 8.99. The predicted octanol–water partition coefficient (Wildman–Crippen LogP) is 4.82. The van der Waals surface area contributed by atoms with Crippen molar-refractivity contribution in [2.75, 3.05) is 13.2 Å². The molecule has 0 aliphatic heterocycles. The van der Waals surface area contributed by atoms with Gasteiger partial charge in [-0.1, -0.05) is 36.9 Å². The molecule has 2 rings (SSSR count). The molecule has 0 aliphatic rings. The summed E-state index contributed by atoms with van der Waals surface area (Å²) in [6, 6.07) is 12.5. The lowest BCUT2D eigenvalue weighted by atomic mass is 10.0. The molecule has 0 amide bonds. The van der Waals surface area contributed by atoms with Gasteiger partial charge in [-0.05, 0) is 49.6 Å². The zero-order valence-corrected chi connectivity index (χ0v) is 13.7. The number of carbonyl (C=O) groups is 1. The van der Waals surface area contributed by atoms with Crippen molar-refractivity contribution in [3.8, 4) is 5.75 Å². The molecule has 0 spiro atoms. The Morgan fingerprint density at radius 3 is 2.43 bits per heavy atom. The monoisotopic (exact) mass is 312 g/mol. The second-order valence-electron chi connectivity index (χ2n) is 5.56. The molecule has 23 heavy (non-hydrogen) atoms. The van der Waals surface area contributed by atoms with Crippen molar-refractivity contribution in [2.24, 2.45) is 0 Å². The quantitative estimate of drug-likeness (QED) is 0.378. The van der Waals surface area contributed by atoms with Crippen LogP contribution in [-0.4, -0.2) is 19.2 Å². The number of carbonyl (C=O) groups excluding carboxylic acids is 1. The molecule has 0 unspecified atom stereocenters. The number of fused-ring (bicyclic) bond motifs is 1. The number of esters is 1. The molecule has 0 saturated carbocycles. The van der Waals surface area contributed by atoms with Crippen molar-refractivity contribution in [1.29, 1.82) is 0 Å². The molecule has 3 nitrogen and oxygen atoms in total. The molecular formula is C20H24O3. The van der Waals surface area contributed by atoms with Gasteiger partial charge in [0.2, 0.25) is 0 Å². The molecule has 3 heteroatoms. The van der Waals surface area contributed by atoms with Crippen molar-refractivity contribution >= 4 is 16.7 Å².